The Morgan fingerprint density at radius 3 is 2.83 bits per heavy atom. The minimum atomic E-state index is -0.356. The van der Waals surface area contributed by atoms with E-state index < -0.39 is 0 Å². The lowest BCUT2D eigenvalue weighted by atomic mass is 10.1. The van der Waals surface area contributed by atoms with Gasteiger partial charge in [0.25, 0.3) is 0 Å². The van der Waals surface area contributed by atoms with Crippen LogP contribution >= 0.6 is 23.1 Å². The monoisotopic (exact) mass is 440 g/mol. The molecule has 0 radical (unpaired) electrons. The first-order valence-electron chi connectivity index (χ1n) is 9.58. The van der Waals surface area contributed by atoms with Crippen LogP contribution in [0.5, 0.6) is 0 Å². The third kappa shape index (κ3) is 3.86. The largest absolute Gasteiger partial charge is 0.331 e. The first kappa shape index (κ1) is 19.3. The van der Waals surface area contributed by atoms with Crippen LogP contribution < -0.4 is 26.4 Å². The van der Waals surface area contributed by atoms with Crippen LogP contribution in [0, 0.1) is 5.92 Å². The molecular weight excluding hydrogens is 420 g/mol. The number of thioether (sulfide) groups is 1. The molecule has 5 rings (SSSR count). The molecule has 8 nitrogen and oxygen atoms in total. The maximum Gasteiger partial charge on any atom is 0.236 e. The van der Waals surface area contributed by atoms with E-state index in [9.17, 15) is 9.59 Å². The number of aromatic nitrogens is 1. The van der Waals surface area contributed by atoms with Crippen LogP contribution in [0.2, 0.25) is 0 Å². The second-order valence-electron chi connectivity index (χ2n) is 7.02. The van der Waals surface area contributed by atoms with Gasteiger partial charge in [0.2, 0.25) is 11.8 Å². The fraction of sp³-hybridized carbons (Fsp3) is 0.250. The molecule has 0 bridgehead atoms. The van der Waals surface area contributed by atoms with Crippen LogP contribution in [0.4, 0.5) is 10.8 Å². The van der Waals surface area contributed by atoms with Crippen molar-refractivity contribution < 1.29 is 9.59 Å². The minimum Gasteiger partial charge on any atom is -0.331 e. The van der Waals surface area contributed by atoms with Gasteiger partial charge in [-0.3, -0.25) is 19.9 Å². The van der Waals surface area contributed by atoms with Crippen LogP contribution in [0.25, 0.3) is 10.2 Å². The topological polar surface area (TPSA) is 98.4 Å². The van der Waals surface area contributed by atoms with Gasteiger partial charge >= 0.3 is 0 Å². The Kier molecular flexibility index (Phi) is 5.30. The maximum atomic E-state index is 12.6. The molecule has 154 valence electrons. The molecule has 3 aromatic rings. The van der Waals surface area contributed by atoms with Gasteiger partial charge in [0.1, 0.15) is 11.7 Å². The molecule has 4 N–H and O–H groups in total. The quantitative estimate of drug-likeness (QED) is 0.481. The average molecular weight is 441 g/mol. The molecule has 2 aromatic carbocycles. The lowest BCUT2D eigenvalue weighted by Crippen LogP contribution is -2.63. The highest BCUT2D eigenvalue weighted by atomic mass is 32.2. The van der Waals surface area contributed by atoms with Crippen molar-refractivity contribution in [1.29, 1.82) is 0 Å². The summed E-state index contributed by atoms with van der Waals surface area (Å²) in [4.78, 5) is 29.4. The summed E-state index contributed by atoms with van der Waals surface area (Å²) in [5, 5.41) is 11.8. The van der Waals surface area contributed by atoms with Crippen LogP contribution in [0.3, 0.4) is 0 Å². The summed E-state index contributed by atoms with van der Waals surface area (Å²) < 4.78 is 1.03. The zero-order chi connectivity index (χ0) is 20.5. The Balaban J connectivity index is 1.20. The molecule has 30 heavy (non-hydrogen) atoms. The van der Waals surface area contributed by atoms with Gasteiger partial charge in [-0.1, -0.05) is 41.7 Å². The van der Waals surface area contributed by atoms with Crippen molar-refractivity contribution in [3.8, 4) is 0 Å². The van der Waals surface area contributed by atoms with Crippen LogP contribution in [-0.4, -0.2) is 40.8 Å². The molecule has 3 atom stereocenters. The van der Waals surface area contributed by atoms with Crippen molar-refractivity contribution in [3.63, 3.8) is 0 Å². The van der Waals surface area contributed by atoms with Gasteiger partial charge in [0.05, 0.1) is 27.6 Å². The SMILES string of the molecule is O=C(CSC1NC(=O)C2CNN(c3ccccc3)C2N1)Nc1nc2ccccc2s1. The fourth-order valence-electron chi connectivity index (χ4n) is 3.62. The molecule has 1 aromatic heterocycles. The molecule has 10 heteroatoms. The predicted molar refractivity (Wildman–Crippen MR) is 120 cm³/mol. The van der Waals surface area contributed by atoms with Crippen LogP contribution in [-0.2, 0) is 9.59 Å². The number of nitrogens with one attached hydrogen (secondary N) is 4. The molecule has 2 saturated heterocycles. The smallest absolute Gasteiger partial charge is 0.236 e. The molecule has 0 saturated carbocycles. The summed E-state index contributed by atoms with van der Waals surface area (Å²) in [6.45, 7) is 0.563. The summed E-state index contributed by atoms with van der Waals surface area (Å²) in [5.74, 6) is -0.168. The van der Waals surface area contributed by atoms with E-state index >= 15 is 0 Å². The first-order chi connectivity index (χ1) is 14.7. The molecule has 0 aliphatic carbocycles. The lowest BCUT2D eigenvalue weighted by molar-refractivity contribution is -0.127. The van der Waals surface area contributed by atoms with Crippen molar-refractivity contribution in [2.45, 2.75) is 11.7 Å². The third-order valence-electron chi connectivity index (χ3n) is 5.03. The van der Waals surface area contributed by atoms with Gasteiger partial charge in [-0.15, -0.1) is 11.8 Å². The highest BCUT2D eigenvalue weighted by Crippen LogP contribution is 2.28. The summed E-state index contributed by atoms with van der Waals surface area (Å²) in [6, 6.07) is 17.6. The fourth-order valence-corrected chi connectivity index (χ4v) is 5.32. The summed E-state index contributed by atoms with van der Waals surface area (Å²) in [6.07, 6.45) is -0.175. The van der Waals surface area contributed by atoms with Crippen molar-refractivity contribution >= 4 is 55.9 Å². The number of hydrogen-bond acceptors (Lipinski definition) is 8. The van der Waals surface area contributed by atoms with E-state index in [4.69, 9.17) is 0 Å². The number of anilines is 2. The Morgan fingerprint density at radius 2 is 2.00 bits per heavy atom. The van der Waals surface area contributed by atoms with Crippen LogP contribution in [0.1, 0.15) is 0 Å². The number of fused-ring (bicyclic) bond motifs is 2. The number of carbonyl (C=O) groups excluding carboxylic acids is 2. The average Bonchev–Trinajstić information content (AvgIpc) is 3.36. The van der Waals surface area contributed by atoms with Gasteiger partial charge in [0.15, 0.2) is 5.13 Å². The number of hydrogen-bond donors (Lipinski definition) is 4. The third-order valence-corrected chi connectivity index (χ3v) is 7.00. The molecule has 2 fully saturated rings. The van der Waals surface area contributed by atoms with Crippen molar-refractivity contribution in [2.75, 3.05) is 22.6 Å². The number of para-hydroxylation sites is 2. The highest BCUT2D eigenvalue weighted by molar-refractivity contribution is 8.00. The zero-order valence-corrected chi connectivity index (χ0v) is 17.5. The molecule has 2 amide bonds. The summed E-state index contributed by atoms with van der Waals surface area (Å²) >= 11 is 2.79. The molecule has 3 unspecified atom stereocenters. The van der Waals surface area contributed by atoms with Gasteiger partial charge in [-0.25, -0.2) is 10.4 Å². The summed E-state index contributed by atoms with van der Waals surface area (Å²) in [5.41, 5.74) is 4.79. The Morgan fingerprint density at radius 1 is 1.20 bits per heavy atom. The van der Waals surface area contributed by atoms with E-state index in [1.165, 1.54) is 23.1 Å². The van der Waals surface area contributed by atoms with Gasteiger partial charge in [-0.2, -0.15) is 0 Å². The van der Waals surface area contributed by atoms with E-state index in [1.807, 2.05) is 59.6 Å². The molecule has 0 spiro atoms. The van der Waals surface area contributed by atoms with Crippen molar-refractivity contribution in [3.05, 3.63) is 54.6 Å². The van der Waals surface area contributed by atoms with Gasteiger partial charge in [-0.05, 0) is 24.3 Å². The van der Waals surface area contributed by atoms with Crippen molar-refractivity contribution in [2.24, 2.45) is 5.92 Å². The van der Waals surface area contributed by atoms with Crippen LogP contribution in [0.15, 0.2) is 54.6 Å². The Hall–Kier alpha value is -2.66. The normalized spacial score (nSPS) is 23.3. The Labute approximate surface area is 181 Å². The van der Waals surface area contributed by atoms with Gasteiger partial charge in [0, 0.05) is 6.54 Å². The zero-order valence-electron chi connectivity index (χ0n) is 15.9. The van der Waals surface area contributed by atoms with E-state index in [2.05, 4.69) is 26.4 Å². The maximum absolute atomic E-state index is 12.6. The van der Waals surface area contributed by atoms with E-state index in [-0.39, 0.29) is 35.1 Å². The second-order valence-corrected chi connectivity index (χ2v) is 9.14. The molecular formula is C20H20N6O2S2. The number of nitrogens with zero attached hydrogens (tertiary/aromatic N) is 2. The van der Waals surface area contributed by atoms with E-state index in [0.29, 0.717) is 11.7 Å². The van der Waals surface area contributed by atoms with E-state index in [1.54, 1.807) is 0 Å². The predicted octanol–water partition coefficient (Wildman–Crippen LogP) is 1.94. The number of thiazole rings is 1. The van der Waals surface area contributed by atoms with Crippen molar-refractivity contribution in [1.82, 2.24) is 21.0 Å². The minimum absolute atomic E-state index is 0.0197. The first-order valence-corrected chi connectivity index (χ1v) is 11.5. The molecule has 3 heterocycles. The summed E-state index contributed by atoms with van der Waals surface area (Å²) in [7, 11) is 0. The number of amides is 2. The number of hydrazine groups is 1. The number of benzene rings is 2. The number of carbonyl (C=O) groups is 2. The van der Waals surface area contributed by atoms with Gasteiger partial charge < -0.3 is 10.6 Å². The lowest BCUT2D eigenvalue weighted by Gasteiger charge is -2.37. The standard InChI is InChI=1S/C20H20N6O2S2/c27-16(23-20-22-14-8-4-5-9-15(14)30-20)11-29-19-24-17-13(18(28)25-19)10-21-26(17)12-6-2-1-3-7-12/h1-9,13,17,19,21,24H,10-11H2,(H,25,28)(H,22,23,27). The second kappa shape index (κ2) is 8.23. The molecule has 2 aliphatic rings. The molecule has 2 aliphatic heterocycles. The Bertz CT molecular complexity index is 1040. The highest BCUT2D eigenvalue weighted by Gasteiger charge is 2.44. The number of rotatable bonds is 5. The van der Waals surface area contributed by atoms with E-state index in [0.717, 1.165) is 15.9 Å².